The van der Waals surface area contributed by atoms with E-state index >= 15 is 0 Å². The van der Waals surface area contributed by atoms with E-state index in [-0.39, 0.29) is 6.09 Å². The average molecular weight is 518 g/mol. The molecule has 36 heavy (non-hydrogen) atoms. The molecule has 0 aliphatic rings. The molecule has 1 unspecified atom stereocenters. The number of carboxylic acid groups (broad SMARTS) is 1. The summed E-state index contributed by atoms with van der Waals surface area (Å²) in [4.78, 5) is 25.7. The van der Waals surface area contributed by atoms with Crippen LogP contribution in [0.15, 0.2) is 54.6 Å². The van der Waals surface area contributed by atoms with Gasteiger partial charge in [0.05, 0.1) is 13.2 Å². The van der Waals surface area contributed by atoms with E-state index in [1.165, 1.54) is 0 Å². The van der Waals surface area contributed by atoms with Crippen LogP contribution in [0.4, 0.5) is 4.79 Å². The van der Waals surface area contributed by atoms with Crippen molar-refractivity contribution in [2.24, 2.45) is 0 Å². The fourth-order valence-electron chi connectivity index (χ4n) is 3.52. The Bertz CT molecular complexity index is 877. The molecule has 0 heterocycles. The Kier molecular flexibility index (Phi) is 14.5. The summed E-state index contributed by atoms with van der Waals surface area (Å²) in [7, 11) is 0. The normalized spacial score (nSPS) is 11.6. The summed E-state index contributed by atoms with van der Waals surface area (Å²) in [5.74, 6) is 1.82. The highest BCUT2D eigenvalue weighted by molar-refractivity contribution is 7.99. The average Bonchev–Trinajstić information content (AvgIpc) is 2.88. The number of benzene rings is 2. The number of rotatable bonds is 18. The minimum absolute atomic E-state index is 0.294. The molecule has 0 aliphatic carbocycles. The molecule has 0 spiro atoms. The minimum atomic E-state index is -0.971. The van der Waals surface area contributed by atoms with Crippen molar-refractivity contribution in [1.82, 2.24) is 4.90 Å². The molecular formula is C28H39NO6S. The fraction of sp³-hybridized carbons (Fsp3) is 0.500. The monoisotopic (exact) mass is 517 g/mol. The number of hydrogen-bond donors (Lipinski definition) is 1. The van der Waals surface area contributed by atoms with Gasteiger partial charge in [0.15, 0.2) is 6.10 Å². The van der Waals surface area contributed by atoms with Gasteiger partial charge in [-0.25, -0.2) is 9.59 Å². The van der Waals surface area contributed by atoms with Crippen molar-refractivity contribution in [2.45, 2.75) is 45.6 Å². The lowest BCUT2D eigenvalue weighted by molar-refractivity contribution is -0.149. The molecule has 7 nitrogen and oxygen atoms in total. The summed E-state index contributed by atoms with van der Waals surface area (Å²) >= 11 is 1.90. The molecule has 0 bridgehead atoms. The zero-order chi connectivity index (χ0) is 26.0. The Morgan fingerprint density at radius 1 is 0.944 bits per heavy atom. The second kappa shape index (κ2) is 17.7. The standard InChI is InChI=1S/C28H39NO6S/c1-3-20-36-21-8-16-29(28(32)35-18-15-23-9-6-5-7-10-23)17-19-34-25-13-11-24(12-14-25)22-26(27(30)31)33-4-2/h5-7,9-14,26H,3-4,8,15-22H2,1-2H3,(H,30,31). The van der Waals surface area contributed by atoms with Gasteiger partial charge >= 0.3 is 12.1 Å². The lowest BCUT2D eigenvalue weighted by Gasteiger charge is -2.22. The Balaban J connectivity index is 1.83. The number of thioether (sulfide) groups is 1. The van der Waals surface area contributed by atoms with Crippen LogP contribution in [0.25, 0.3) is 0 Å². The number of nitrogens with zero attached hydrogens (tertiary/aromatic N) is 1. The summed E-state index contributed by atoms with van der Waals surface area (Å²) in [6.45, 7) is 6.01. The van der Waals surface area contributed by atoms with Crippen LogP contribution in [0.3, 0.4) is 0 Å². The highest BCUT2D eigenvalue weighted by Crippen LogP contribution is 2.15. The lowest BCUT2D eigenvalue weighted by atomic mass is 10.1. The molecule has 2 aromatic carbocycles. The summed E-state index contributed by atoms with van der Waals surface area (Å²) in [5, 5.41) is 9.26. The van der Waals surface area contributed by atoms with Crippen LogP contribution < -0.4 is 4.74 Å². The Hall–Kier alpha value is -2.71. The third-order valence-electron chi connectivity index (χ3n) is 5.40. The van der Waals surface area contributed by atoms with Crippen LogP contribution in [0.5, 0.6) is 5.75 Å². The third-order valence-corrected chi connectivity index (χ3v) is 6.67. The first-order valence-corrected chi connectivity index (χ1v) is 13.8. The zero-order valence-corrected chi connectivity index (χ0v) is 22.2. The van der Waals surface area contributed by atoms with Crippen molar-refractivity contribution >= 4 is 23.8 Å². The van der Waals surface area contributed by atoms with Gasteiger partial charge in [-0.05, 0) is 54.5 Å². The van der Waals surface area contributed by atoms with Crippen molar-refractivity contribution in [2.75, 3.05) is 44.4 Å². The van der Waals surface area contributed by atoms with Gasteiger partial charge < -0.3 is 24.2 Å². The molecule has 1 N–H and O–H groups in total. The van der Waals surface area contributed by atoms with E-state index in [0.717, 1.165) is 35.5 Å². The molecular weight excluding hydrogens is 478 g/mol. The maximum absolute atomic E-state index is 12.7. The second-order valence-electron chi connectivity index (χ2n) is 8.28. The molecule has 0 saturated heterocycles. The van der Waals surface area contributed by atoms with Crippen molar-refractivity contribution in [1.29, 1.82) is 0 Å². The van der Waals surface area contributed by atoms with Crippen LogP contribution in [0, 0.1) is 0 Å². The smallest absolute Gasteiger partial charge is 0.409 e. The maximum atomic E-state index is 12.7. The van der Waals surface area contributed by atoms with Gasteiger partial charge in [-0.3, -0.25) is 0 Å². The number of amides is 1. The summed E-state index contributed by atoms with van der Waals surface area (Å²) < 4.78 is 16.7. The van der Waals surface area contributed by atoms with Gasteiger partial charge in [0.25, 0.3) is 0 Å². The van der Waals surface area contributed by atoms with E-state index in [1.54, 1.807) is 11.8 Å². The van der Waals surface area contributed by atoms with Crippen LogP contribution in [0.1, 0.15) is 37.8 Å². The van der Waals surface area contributed by atoms with E-state index in [1.807, 2.05) is 66.4 Å². The van der Waals surface area contributed by atoms with Crippen LogP contribution >= 0.6 is 11.8 Å². The molecule has 2 rings (SSSR count). The van der Waals surface area contributed by atoms with Crippen molar-refractivity contribution in [3.63, 3.8) is 0 Å². The van der Waals surface area contributed by atoms with E-state index in [2.05, 4.69) is 6.92 Å². The first kappa shape index (κ1) is 29.5. The minimum Gasteiger partial charge on any atom is -0.492 e. The van der Waals surface area contributed by atoms with Crippen LogP contribution in [0.2, 0.25) is 0 Å². The summed E-state index contributed by atoms with van der Waals surface area (Å²) in [5.41, 5.74) is 1.99. The summed E-state index contributed by atoms with van der Waals surface area (Å²) in [6, 6.07) is 17.3. The zero-order valence-electron chi connectivity index (χ0n) is 21.4. The molecule has 198 valence electrons. The number of hydrogen-bond acceptors (Lipinski definition) is 6. The van der Waals surface area contributed by atoms with Crippen LogP contribution in [-0.2, 0) is 27.1 Å². The number of carboxylic acids is 1. The third kappa shape index (κ3) is 11.8. The lowest BCUT2D eigenvalue weighted by Crippen LogP contribution is -2.36. The van der Waals surface area contributed by atoms with E-state index in [9.17, 15) is 14.7 Å². The first-order chi connectivity index (χ1) is 17.5. The van der Waals surface area contributed by atoms with Crippen molar-refractivity contribution < 1.29 is 28.9 Å². The fourth-order valence-corrected chi connectivity index (χ4v) is 4.34. The highest BCUT2D eigenvalue weighted by atomic mass is 32.2. The molecule has 0 fully saturated rings. The van der Waals surface area contributed by atoms with Crippen LogP contribution in [-0.4, -0.2) is 72.6 Å². The predicted octanol–water partition coefficient (Wildman–Crippen LogP) is 5.31. The molecule has 2 aromatic rings. The number of aliphatic carboxylic acids is 1. The maximum Gasteiger partial charge on any atom is 0.409 e. The SMILES string of the molecule is CCCSCCCN(CCOc1ccc(CC(OCC)C(=O)O)cc1)C(=O)OCCc1ccccc1. The Morgan fingerprint density at radius 2 is 1.69 bits per heavy atom. The van der Waals surface area contributed by atoms with Gasteiger partial charge in [-0.1, -0.05) is 49.4 Å². The Morgan fingerprint density at radius 3 is 2.36 bits per heavy atom. The highest BCUT2D eigenvalue weighted by Gasteiger charge is 2.18. The van der Waals surface area contributed by atoms with Gasteiger partial charge in [0.2, 0.25) is 0 Å². The molecule has 0 saturated carbocycles. The largest absolute Gasteiger partial charge is 0.492 e. The number of carbonyl (C=O) groups excluding carboxylic acids is 1. The van der Waals surface area contributed by atoms with E-state index in [4.69, 9.17) is 14.2 Å². The topological polar surface area (TPSA) is 85.3 Å². The van der Waals surface area contributed by atoms with E-state index in [0.29, 0.717) is 51.5 Å². The molecule has 0 aromatic heterocycles. The molecule has 1 amide bonds. The molecule has 8 heteroatoms. The first-order valence-electron chi connectivity index (χ1n) is 12.6. The van der Waals surface area contributed by atoms with Gasteiger partial charge in [0, 0.05) is 26.0 Å². The Labute approximate surface area is 219 Å². The number of carbonyl (C=O) groups is 2. The van der Waals surface area contributed by atoms with Crippen molar-refractivity contribution in [3.05, 3.63) is 65.7 Å². The summed E-state index contributed by atoms with van der Waals surface area (Å²) in [6.07, 6.45) is 1.84. The predicted molar refractivity (Wildman–Crippen MR) is 144 cm³/mol. The van der Waals surface area contributed by atoms with Gasteiger partial charge in [0.1, 0.15) is 12.4 Å². The quantitative estimate of drug-likeness (QED) is 0.268. The van der Waals surface area contributed by atoms with Gasteiger partial charge in [-0.15, -0.1) is 0 Å². The van der Waals surface area contributed by atoms with E-state index < -0.39 is 12.1 Å². The van der Waals surface area contributed by atoms with Gasteiger partial charge in [-0.2, -0.15) is 11.8 Å². The molecule has 0 aliphatic heterocycles. The molecule has 0 radical (unpaired) electrons. The second-order valence-corrected chi connectivity index (χ2v) is 9.51. The number of ether oxygens (including phenoxy) is 3. The van der Waals surface area contributed by atoms with Crippen molar-refractivity contribution in [3.8, 4) is 5.75 Å². The molecule has 1 atom stereocenters.